The van der Waals surface area contributed by atoms with Crippen LogP contribution < -0.4 is 5.73 Å². The highest BCUT2D eigenvalue weighted by molar-refractivity contribution is 5.30. The monoisotopic (exact) mass is 251 g/mol. The van der Waals surface area contributed by atoms with E-state index in [9.17, 15) is 22.0 Å². The van der Waals surface area contributed by atoms with Gasteiger partial charge in [0, 0.05) is 0 Å². The molecule has 1 aromatic carbocycles. The molecule has 17 heavy (non-hydrogen) atoms. The fourth-order valence-electron chi connectivity index (χ4n) is 1.36. The van der Waals surface area contributed by atoms with Gasteiger partial charge in [0.25, 0.3) is 0 Å². The van der Waals surface area contributed by atoms with E-state index in [2.05, 4.69) is 0 Å². The van der Waals surface area contributed by atoms with Crippen LogP contribution in [0.25, 0.3) is 0 Å². The van der Waals surface area contributed by atoms with Gasteiger partial charge < -0.3 is 5.73 Å². The van der Waals surface area contributed by atoms with Crippen LogP contribution in [0.2, 0.25) is 0 Å². The minimum Gasteiger partial charge on any atom is -0.321 e. The van der Waals surface area contributed by atoms with Gasteiger partial charge in [-0.05, 0) is 13.8 Å². The second-order valence-corrected chi connectivity index (χ2v) is 3.75. The van der Waals surface area contributed by atoms with E-state index in [0.29, 0.717) is 5.57 Å². The van der Waals surface area contributed by atoms with Crippen LogP contribution >= 0.6 is 0 Å². The van der Waals surface area contributed by atoms with Crippen molar-refractivity contribution >= 4 is 0 Å². The van der Waals surface area contributed by atoms with E-state index >= 15 is 0 Å². The number of nitrogens with two attached hydrogens (primary N) is 1. The van der Waals surface area contributed by atoms with Crippen molar-refractivity contribution in [1.82, 2.24) is 0 Å². The van der Waals surface area contributed by atoms with Crippen molar-refractivity contribution in [3.63, 3.8) is 0 Å². The zero-order valence-corrected chi connectivity index (χ0v) is 9.12. The topological polar surface area (TPSA) is 26.0 Å². The number of halogens is 5. The average Bonchev–Trinajstić information content (AvgIpc) is 2.23. The number of hydrogen-bond acceptors (Lipinski definition) is 1. The summed E-state index contributed by atoms with van der Waals surface area (Å²) in [5.74, 6) is -9.96. The van der Waals surface area contributed by atoms with Crippen LogP contribution in [-0.4, -0.2) is 0 Å². The van der Waals surface area contributed by atoms with Crippen molar-refractivity contribution in [2.45, 2.75) is 19.9 Å². The molecule has 0 aliphatic rings. The molecule has 0 spiro atoms. The van der Waals surface area contributed by atoms with Gasteiger partial charge in [0.2, 0.25) is 5.82 Å². The first-order valence-corrected chi connectivity index (χ1v) is 4.69. The molecule has 94 valence electrons. The van der Waals surface area contributed by atoms with Gasteiger partial charge in [0.15, 0.2) is 23.3 Å². The lowest BCUT2D eigenvalue weighted by Gasteiger charge is -2.12. The second kappa shape index (κ2) is 4.83. The zero-order chi connectivity index (χ0) is 13.3. The van der Waals surface area contributed by atoms with E-state index in [1.54, 1.807) is 13.8 Å². The fraction of sp³-hybridized carbons (Fsp3) is 0.273. The van der Waals surface area contributed by atoms with E-state index in [0.717, 1.165) is 0 Å². The second-order valence-electron chi connectivity index (χ2n) is 3.75. The van der Waals surface area contributed by atoms with Crippen molar-refractivity contribution in [1.29, 1.82) is 0 Å². The number of benzene rings is 1. The number of hydrogen-bond donors (Lipinski definition) is 1. The maximum absolute atomic E-state index is 13.3. The van der Waals surface area contributed by atoms with Crippen molar-refractivity contribution in [3.8, 4) is 0 Å². The molecular weight excluding hydrogens is 241 g/mol. The lowest BCUT2D eigenvalue weighted by atomic mass is 10.0. The molecule has 0 aliphatic heterocycles. The molecule has 0 radical (unpaired) electrons. The van der Waals surface area contributed by atoms with Crippen LogP contribution in [0.3, 0.4) is 0 Å². The molecular formula is C11H10F5N. The van der Waals surface area contributed by atoms with E-state index in [1.165, 1.54) is 6.08 Å². The molecule has 1 atom stereocenters. The summed E-state index contributed by atoms with van der Waals surface area (Å²) in [5.41, 5.74) is 4.95. The first-order chi connectivity index (χ1) is 7.77. The lowest BCUT2D eigenvalue weighted by Crippen LogP contribution is -2.16. The van der Waals surface area contributed by atoms with Crippen LogP contribution in [0.15, 0.2) is 11.6 Å². The predicted octanol–water partition coefficient (Wildman–Crippen LogP) is 3.35. The normalized spacial score (nSPS) is 12.5. The van der Waals surface area contributed by atoms with Crippen LogP contribution in [0.4, 0.5) is 22.0 Å². The maximum Gasteiger partial charge on any atom is 0.200 e. The molecule has 0 aromatic heterocycles. The van der Waals surface area contributed by atoms with Crippen molar-refractivity contribution < 1.29 is 22.0 Å². The summed E-state index contributed by atoms with van der Waals surface area (Å²) in [6.07, 6.45) is 1.21. The molecule has 0 saturated heterocycles. The summed E-state index contributed by atoms with van der Waals surface area (Å²) in [6.45, 7) is 3.18. The Morgan fingerprint density at radius 3 is 1.59 bits per heavy atom. The van der Waals surface area contributed by atoms with E-state index in [-0.39, 0.29) is 0 Å². The molecule has 6 heteroatoms. The SMILES string of the molecule is CC(C)=CC(N)c1c(F)c(F)c(F)c(F)c1F. The van der Waals surface area contributed by atoms with Crippen molar-refractivity contribution in [2.24, 2.45) is 5.73 Å². The summed E-state index contributed by atoms with van der Waals surface area (Å²) in [4.78, 5) is 0. The van der Waals surface area contributed by atoms with Gasteiger partial charge in [-0.3, -0.25) is 0 Å². The number of allylic oxidation sites excluding steroid dienone is 1. The third kappa shape index (κ3) is 2.46. The molecule has 0 aliphatic carbocycles. The van der Waals surface area contributed by atoms with Crippen LogP contribution in [0.1, 0.15) is 25.5 Å². The van der Waals surface area contributed by atoms with Gasteiger partial charge in [0.1, 0.15) is 0 Å². The lowest BCUT2D eigenvalue weighted by molar-refractivity contribution is 0.367. The molecule has 1 aromatic rings. The van der Waals surface area contributed by atoms with Crippen LogP contribution in [0, 0.1) is 29.1 Å². The Balaban J connectivity index is 3.49. The van der Waals surface area contributed by atoms with Gasteiger partial charge in [0.05, 0.1) is 11.6 Å². The first-order valence-electron chi connectivity index (χ1n) is 4.69. The van der Waals surface area contributed by atoms with E-state index in [4.69, 9.17) is 5.73 Å². The Morgan fingerprint density at radius 2 is 1.24 bits per heavy atom. The molecule has 1 unspecified atom stereocenters. The molecule has 1 nitrogen and oxygen atoms in total. The summed E-state index contributed by atoms with van der Waals surface area (Å²) in [5, 5.41) is 0. The molecule has 0 heterocycles. The molecule has 1 rings (SSSR count). The predicted molar refractivity (Wildman–Crippen MR) is 52.6 cm³/mol. The third-order valence-electron chi connectivity index (χ3n) is 2.09. The van der Waals surface area contributed by atoms with E-state index < -0.39 is 40.7 Å². The van der Waals surface area contributed by atoms with Gasteiger partial charge in [-0.2, -0.15) is 0 Å². The van der Waals surface area contributed by atoms with Crippen molar-refractivity contribution in [3.05, 3.63) is 46.3 Å². The fourth-order valence-corrected chi connectivity index (χ4v) is 1.36. The van der Waals surface area contributed by atoms with Gasteiger partial charge in [-0.15, -0.1) is 0 Å². The van der Waals surface area contributed by atoms with Crippen molar-refractivity contribution in [2.75, 3.05) is 0 Å². The van der Waals surface area contributed by atoms with Gasteiger partial charge >= 0.3 is 0 Å². The zero-order valence-electron chi connectivity index (χ0n) is 9.12. The highest BCUT2D eigenvalue weighted by Crippen LogP contribution is 2.27. The Hall–Kier alpha value is -1.43. The third-order valence-corrected chi connectivity index (χ3v) is 2.09. The smallest absolute Gasteiger partial charge is 0.200 e. The van der Waals surface area contributed by atoms with Crippen LogP contribution in [0.5, 0.6) is 0 Å². The Bertz CT molecular complexity index is 448. The van der Waals surface area contributed by atoms with Crippen LogP contribution in [-0.2, 0) is 0 Å². The Kier molecular flexibility index (Phi) is 3.87. The maximum atomic E-state index is 13.3. The van der Waals surface area contributed by atoms with Gasteiger partial charge in [-0.1, -0.05) is 11.6 Å². The summed E-state index contributed by atoms with van der Waals surface area (Å²) in [6, 6.07) is -1.38. The summed E-state index contributed by atoms with van der Waals surface area (Å²) in [7, 11) is 0. The van der Waals surface area contributed by atoms with Gasteiger partial charge in [-0.25, -0.2) is 22.0 Å². The largest absolute Gasteiger partial charge is 0.321 e. The quantitative estimate of drug-likeness (QED) is 0.371. The van der Waals surface area contributed by atoms with E-state index in [1.807, 2.05) is 0 Å². The first kappa shape index (κ1) is 13.6. The molecule has 0 saturated carbocycles. The number of rotatable bonds is 2. The standard InChI is InChI=1S/C11H10F5N/c1-4(2)3-5(17)6-7(12)9(14)11(16)10(15)8(6)13/h3,5H,17H2,1-2H3. The highest BCUT2D eigenvalue weighted by Gasteiger charge is 2.27. The molecule has 0 bridgehead atoms. The molecule has 2 N–H and O–H groups in total. The highest BCUT2D eigenvalue weighted by atomic mass is 19.2. The average molecular weight is 251 g/mol. The Labute approximate surface area is 94.7 Å². The summed E-state index contributed by atoms with van der Waals surface area (Å²) < 4.78 is 65.0. The Morgan fingerprint density at radius 1 is 0.882 bits per heavy atom. The minimum atomic E-state index is -2.19. The molecule has 0 fully saturated rings. The minimum absolute atomic E-state index is 0.599. The molecule has 0 amide bonds. The summed E-state index contributed by atoms with van der Waals surface area (Å²) >= 11 is 0.